The van der Waals surface area contributed by atoms with Gasteiger partial charge in [-0.3, -0.25) is 0 Å². The predicted molar refractivity (Wildman–Crippen MR) is 175 cm³/mol. The molecule has 35 heavy (non-hydrogen) atoms. The summed E-state index contributed by atoms with van der Waals surface area (Å²) in [6.45, 7) is 32.6. The molecule has 0 heterocycles. The minimum absolute atomic E-state index is 0. The van der Waals surface area contributed by atoms with E-state index in [-0.39, 0.29) is 36.3 Å². The summed E-state index contributed by atoms with van der Waals surface area (Å²) in [5, 5.41) is 0. The summed E-state index contributed by atoms with van der Waals surface area (Å²) in [7, 11) is -5.61. The molecule has 0 aromatic heterocycles. The molecule has 0 fully saturated rings. The zero-order chi connectivity index (χ0) is 26.1. The second-order valence-corrected chi connectivity index (χ2v) is 48.0. The molecule has 0 amide bonds. The van der Waals surface area contributed by atoms with E-state index in [1.807, 2.05) is 0 Å². The Balaban J connectivity index is 0.00000612. The minimum atomic E-state index is -1.40. The topological polar surface area (TPSA) is 31.5 Å². The molecule has 2 N–H and O–H groups in total. The van der Waals surface area contributed by atoms with Gasteiger partial charge in [-0.1, -0.05) is 0 Å². The molecular formula is C28H52Ge2OSi4. The smallest absolute Gasteiger partial charge is 0.412 e. The van der Waals surface area contributed by atoms with Crippen LogP contribution in [0.15, 0.2) is 60.7 Å². The average Bonchev–Trinajstić information content (AvgIpc) is 2.68. The van der Waals surface area contributed by atoms with E-state index in [1.54, 1.807) is 8.79 Å². The van der Waals surface area contributed by atoms with Crippen LogP contribution < -0.4 is 8.79 Å². The van der Waals surface area contributed by atoms with Crippen LogP contribution in [0.25, 0.3) is 0 Å². The summed E-state index contributed by atoms with van der Waals surface area (Å²) in [5.74, 6) is 0. The largest absolute Gasteiger partial charge is 0.412 e. The Hall–Kier alpha value is 0.353. The first-order valence-corrected chi connectivity index (χ1v) is 31.2. The molecule has 0 spiro atoms. The van der Waals surface area contributed by atoms with Gasteiger partial charge in [0.2, 0.25) is 0 Å². The molecule has 0 atom stereocenters. The Kier molecular flexibility index (Phi) is 11.5. The number of hydrogen-bond donors (Lipinski definition) is 0. The van der Waals surface area contributed by atoms with Crippen LogP contribution in [0, 0.1) is 0 Å². The molecule has 2 aromatic rings. The van der Waals surface area contributed by atoms with E-state index < -0.39 is 32.3 Å². The van der Waals surface area contributed by atoms with Crippen molar-refractivity contribution < 1.29 is 5.48 Å². The predicted octanol–water partition coefficient (Wildman–Crippen LogP) is 6.83. The van der Waals surface area contributed by atoms with Crippen molar-refractivity contribution in [2.75, 3.05) is 0 Å². The van der Waals surface area contributed by atoms with Gasteiger partial charge in [-0.15, -0.1) is 0 Å². The van der Waals surface area contributed by atoms with Crippen LogP contribution in [0.3, 0.4) is 0 Å². The molecule has 0 aliphatic carbocycles. The fraction of sp³-hybridized carbons (Fsp3) is 0.571. The first-order valence-electron chi connectivity index (χ1n) is 13.0. The van der Waals surface area contributed by atoms with Crippen LogP contribution in [0.1, 0.15) is 12.8 Å². The van der Waals surface area contributed by atoms with Gasteiger partial charge < -0.3 is 5.48 Å². The number of benzene rings is 2. The van der Waals surface area contributed by atoms with Crippen LogP contribution in [0.5, 0.6) is 0 Å². The monoisotopic (exact) mass is 664 g/mol. The standard InChI is InChI=1S/C28H50Ge2Si4.H2O/c1-31(2,3)27(32(4,5)6,29-25-19-15-13-16-20-25)23-24-28(33(7,8)9,34(10,11)12)30-26-21-17-14-18-22-26;/h13-22H,23-24H2,1-12H3;1H2. The van der Waals surface area contributed by atoms with Crippen molar-refractivity contribution in [3.63, 3.8) is 0 Å². The molecule has 2 rings (SSSR count). The summed E-state index contributed by atoms with van der Waals surface area (Å²) in [5.41, 5.74) is 0. The van der Waals surface area contributed by atoms with Gasteiger partial charge in [0.25, 0.3) is 0 Å². The number of hydrogen-bond acceptors (Lipinski definition) is 0. The molecule has 2 aromatic carbocycles. The van der Waals surface area contributed by atoms with E-state index in [9.17, 15) is 0 Å². The van der Waals surface area contributed by atoms with E-state index >= 15 is 0 Å². The Labute approximate surface area is 235 Å². The van der Waals surface area contributed by atoms with Gasteiger partial charge in [-0.2, -0.15) is 0 Å². The fourth-order valence-corrected chi connectivity index (χ4v) is 46.6. The molecule has 7 heteroatoms. The maximum atomic E-state index is 2.72. The molecule has 0 bridgehead atoms. The SMILES string of the molecule is C[Si](C)(C)[C](CC[C]([Ge][c]1ccccc1)([Si](C)(C)C)[Si](C)(C)C)([Ge][c]1ccccc1)[Si](C)(C)C.O. The first-order chi connectivity index (χ1) is 15.4. The zero-order valence-electron chi connectivity index (χ0n) is 24.7. The van der Waals surface area contributed by atoms with Gasteiger partial charge in [0.05, 0.1) is 0 Å². The van der Waals surface area contributed by atoms with Crippen LogP contribution >= 0.6 is 0 Å². The summed E-state index contributed by atoms with van der Waals surface area (Å²) in [6, 6.07) is 23.4. The van der Waals surface area contributed by atoms with Gasteiger partial charge >= 0.3 is 231 Å². The van der Waals surface area contributed by atoms with E-state index in [1.165, 1.54) is 12.8 Å². The second-order valence-electron chi connectivity index (χ2n) is 14.3. The van der Waals surface area contributed by atoms with Gasteiger partial charge in [-0.25, -0.2) is 0 Å². The second kappa shape index (κ2) is 12.0. The molecule has 0 aliphatic rings. The van der Waals surface area contributed by atoms with Gasteiger partial charge in [0.1, 0.15) is 0 Å². The molecule has 1 nitrogen and oxygen atoms in total. The maximum Gasteiger partial charge on any atom is -0.412 e. The molecule has 4 radical (unpaired) electrons. The van der Waals surface area contributed by atoms with Gasteiger partial charge in [0, 0.05) is 0 Å². The zero-order valence-corrected chi connectivity index (χ0v) is 32.9. The quantitative estimate of drug-likeness (QED) is 0.237. The summed E-state index contributed by atoms with van der Waals surface area (Å²) >= 11 is -0.411. The Bertz CT molecular complexity index is 803. The van der Waals surface area contributed by atoms with Crippen LogP contribution in [-0.2, 0) is 0 Å². The normalized spacial score (nSPS) is 13.9. The maximum absolute atomic E-state index is 2.72. The Morgan fingerprint density at radius 2 is 0.686 bits per heavy atom. The molecule has 0 aliphatic heterocycles. The van der Waals surface area contributed by atoms with Gasteiger partial charge in [-0.05, 0) is 0 Å². The third-order valence-corrected chi connectivity index (χ3v) is 55.4. The molecule has 0 unspecified atom stereocenters. The van der Waals surface area contributed by atoms with Crippen molar-refractivity contribution in [1.82, 2.24) is 0 Å². The van der Waals surface area contributed by atoms with Crippen molar-refractivity contribution in [3.8, 4) is 0 Å². The summed E-state index contributed by atoms with van der Waals surface area (Å²) in [4.78, 5) is 0. The Morgan fingerprint density at radius 1 is 0.457 bits per heavy atom. The molecule has 194 valence electrons. The van der Waals surface area contributed by atoms with E-state index in [0.717, 1.165) is 0 Å². The van der Waals surface area contributed by atoms with Crippen molar-refractivity contribution >= 4 is 72.0 Å². The summed E-state index contributed by atoms with van der Waals surface area (Å²) in [6.07, 6.45) is 3.00. The van der Waals surface area contributed by atoms with Crippen LogP contribution in [0.2, 0.25) is 85.6 Å². The van der Waals surface area contributed by atoms with Crippen LogP contribution in [0.4, 0.5) is 0 Å². The fourth-order valence-electron chi connectivity index (χ4n) is 6.54. The third-order valence-electron chi connectivity index (χ3n) is 8.26. The van der Waals surface area contributed by atoms with Crippen molar-refractivity contribution in [2.24, 2.45) is 0 Å². The third kappa shape index (κ3) is 7.48. The van der Waals surface area contributed by atoms with Crippen molar-refractivity contribution in [3.05, 3.63) is 60.7 Å². The molecule has 0 saturated heterocycles. The average molecular weight is 662 g/mol. The van der Waals surface area contributed by atoms with E-state index in [0.29, 0.717) is 6.99 Å². The van der Waals surface area contributed by atoms with E-state index in [4.69, 9.17) is 0 Å². The summed E-state index contributed by atoms with van der Waals surface area (Å²) < 4.78 is 4.65. The molecular weight excluding hydrogens is 610 g/mol. The van der Waals surface area contributed by atoms with E-state index in [2.05, 4.69) is 139 Å². The Morgan fingerprint density at radius 3 is 0.886 bits per heavy atom. The molecule has 0 saturated carbocycles. The van der Waals surface area contributed by atoms with Gasteiger partial charge in [0.15, 0.2) is 0 Å². The van der Waals surface area contributed by atoms with Crippen molar-refractivity contribution in [2.45, 2.75) is 98.4 Å². The van der Waals surface area contributed by atoms with Crippen LogP contribution in [-0.4, -0.2) is 68.6 Å². The van der Waals surface area contributed by atoms with Crippen molar-refractivity contribution in [1.29, 1.82) is 0 Å². The number of rotatable bonds is 11. The first kappa shape index (κ1) is 33.4. The minimum Gasteiger partial charge on any atom is -0.412 e.